The number of anilines is 1. The van der Waals surface area contributed by atoms with Crippen LogP contribution in [0.2, 0.25) is 0 Å². The van der Waals surface area contributed by atoms with Crippen LogP contribution in [0, 0.1) is 5.41 Å². The number of para-hydroxylation sites is 2. The van der Waals surface area contributed by atoms with Crippen molar-refractivity contribution in [3.05, 3.63) is 24.3 Å². The lowest BCUT2D eigenvalue weighted by atomic mass is 10.0. The van der Waals surface area contributed by atoms with Gasteiger partial charge in [-0.3, -0.25) is 4.31 Å². The number of carboxylic acids is 1. The topological polar surface area (TPSA) is 83.9 Å². The Bertz CT molecular complexity index is 648. The number of rotatable bonds is 3. The van der Waals surface area contributed by atoms with Crippen molar-refractivity contribution < 1.29 is 23.1 Å². The third-order valence-corrected chi connectivity index (χ3v) is 5.21. The van der Waals surface area contributed by atoms with Gasteiger partial charge in [-0.25, -0.2) is 13.2 Å². The predicted molar refractivity (Wildman–Crippen MR) is 79.1 cm³/mol. The highest BCUT2D eigenvalue weighted by Crippen LogP contribution is 2.36. The SMILES string of the molecule is CC(C)(C)CS(=O)(=O)N1CC(C(=O)O)Oc2ccccc21. The number of nitrogens with zero attached hydrogens (tertiary/aromatic N) is 1. The van der Waals surface area contributed by atoms with E-state index < -0.39 is 27.5 Å². The minimum Gasteiger partial charge on any atom is -0.478 e. The van der Waals surface area contributed by atoms with Gasteiger partial charge in [0.15, 0.2) is 0 Å². The molecule has 7 heteroatoms. The number of hydrogen-bond acceptors (Lipinski definition) is 4. The third kappa shape index (κ3) is 3.47. The van der Waals surface area contributed by atoms with Crippen LogP contribution in [0.4, 0.5) is 5.69 Å². The van der Waals surface area contributed by atoms with Crippen molar-refractivity contribution in [3.8, 4) is 5.75 Å². The number of benzene rings is 1. The maximum Gasteiger partial charge on any atom is 0.346 e. The number of carboxylic acid groups (broad SMARTS) is 1. The molecule has 1 aliphatic rings. The first-order valence-corrected chi connectivity index (χ1v) is 8.20. The second-order valence-corrected chi connectivity index (χ2v) is 8.15. The molecule has 1 unspecified atom stereocenters. The minimum atomic E-state index is -3.63. The van der Waals surface area contributed by atoms with Crippen molar-refractivity contribution in [2.45, 2.75) is 26.9 Å². The fraction of sp³-hybridized carbons (Fsp3) is 0.500. The average Bonchev–Trinajstić information content (AvgIpc) is 2.34. The molecule has 1 aromatic rings. The fourth-order valence-electron chi connectivity index (χ4n) is 2.22. The van der Waals surface area contributed by atoms with E-state index in [0.29, 0.717) is 5.69 Å². The van der Waals surface area contributed by atoms with Gasteiger partial charge in [-0.1, -0.05) is 32.9 Å². The van der Waals surface area contributed by atoms with Crippen LogP contribution in [0.15, 0.2) is 24.3 Å². The van der Waals surface area contributed by atoms with E-state index >= 15 is 0 Å². The van der Waals surface area contributed by atoms with Crippen LogP contribution in [-0.2, 0) is 14.8 Å². The Morgan fingerprint density at radius 3 is 2.57 bits per heavy atom. The van der Waals surface area contributed by atoms with Crippen molar-refractivity contribution in [2.24, 2.45) is 5.41 Å². The summed E-state index contributed by atoms with van der Waals surface area (Å²) in [7, 11) is -3.63. The third-order valence-electron chi connectivity index (χ3n) is 2.96. The fourth-order valence-corrected chi connectivity index (χ4v) is 4.28. The van der Waals surface area contributed by atoms with Crippen LogP contribution in [0.25, 0.3) is 0 Å². The second kappa shape index (κ2) is 5.22. The molecule has 6 nitrogen and oxygen atoms in total. The van der Waals surface area contributed by atoms with Crippen LogP contribution in [0.1, 0.15) is 20.8 Å². The van der Waals surface area contributed by atoms with Crippen LogP contribution >= 0.6 is 0 Å². The van der Waals surface area contributed by atoms with Gasteiger partial charge < -0.3 is 9.84 Å². The first-order chi connectivity index (χ1) is 9.60. The van der Waals surface area contributed by atoms with Gasteiger partial charge in [-0.05, 0) is 17.5 Å². The number of carbonyl (C=O) groups is 1. The van der Waals surface area contributed by atoms with Crippen molar-refractivity contribution in [1.29, 1.82) is 0 Å². The van der Waals surface area contributed by atoms with Gasteiger partial charge in [-0.2, -0.15) is 0 Å². The zero-order chi connectivity index (χ0) is 15.8. The molecule has 0 amide bonds. The minimum absolute atomic E-state index is 0.0688. The largest absolute Gasteiger partial charge is 0.478 e. The molecule has 0 saturated heterocycles. The zero-order valence-corrected chi connectivity index (χ0v) is 13.1. The molecule has 2 rings (SSSR count). The molecule has 1 aromatic carbocycles. The van der Waals surface area contributed by atoms with Crippen molar-refractivity contribution in [2.75, 3.05) is 16.6 Å². The molecule has 1 atom stereocenters. The molecule has 21 heavy (non-hydrogen) atoms. The van der Waals surface area contributed by atoms with Gasteiger partial charge in [0.1, 0.15) is 5.75 Å². The van der Waals surface area contributed by atoms with Crippen molar-refractivity contribution in [1.82, 2.24) is 0 Å². The van der Waals surface area contributed by atoms with Crippen molar-refractivity contribution in [3.63, 3.8) is 0 Å². The quantitative estimate of drug-likeness (QED) is 0.918. The van der Waals surface area contributed by atoms with E-state index in [-0.39, 0.29) is 18.0 Å². The average molecular weight is 313 g/mol. The lowest BCUT2D eigenvalue weighted by Crippen LogP contribution is -2.48. The molecule has 0 radical (unpaired) electrons. The van der Waals surface area contributed by atoms with E-state index in [1.165, 1.54) is 0 Å². The Labute approximate surface area is 124 Å². The highest BCUT2D eigenvalue weighted by molar-refractivity contribution is 7.92. The number of hydrogen-bond donors (Lipinski definition) is 1. The number of aliphatic carboxylic acids is 1. The first-order valence-electron chi connectivity index (χ1n) is 6.59. The molecule has 0 aromatic heterocycles. The lowest BCUT2D eigenvalue weighted by molar-refractivity contribution is -0.144. The molecule has 1 heterocycles. The predicted octanol–water partition coefficient (Wildman–Crippen LogP) is 1.71. The van der Waals surface area contributed by atoms with Gasteiger partial charge in [0.2, 0.25) is 16.1 Å². The number of fused-ring (bicyclic) bond motifs is 1. The van der Waals surface area contributed by atoms with E-state index in [9.17, 15) is 13.2 Å². The van der Waals surface area contributed by atoms with Gasteiger partial charge in [-0.15, -0.1) is 0 Å². The Morgan fingerprint density at radius 2 is 2.00 bits per heavy atom. The summed E-state index contributed by atoms with van der Waals surface area (Å²) in [5.41, 5.74) is -0.0376. The monoisotopic (exact) mass is 313 g/mol. The normalized spacial score (nSPS) is 18.8. The molecule has 0 fully saturated rings. The maximum atomic E-state index is 12.6. The van der Waals surface area contributed by atoms with Gasteiger partial charge in [0, 0.05) is 0 Å². The second-order valence-electron chi connectivity index (χ2n) is 6.26. The molecule has 0 spiro atoms. The summed E-state index contributed by atoms with van der Waals surface area (Å²) in [5, 5.41) is 9.13. The molecular weight excluding hydrogens is 294 g/mol. The van der Waals surface area contributed by atoms with Gasteiger partial charge >= 0.3 is 5.97 Å². The zero-order valence-electron chi connectivity index (χ0n) is 12.2. The van der Waals surface area contributed by atoms with Crippen molar-refractivity contribution >= 4 is 21.7 Å². The van der Waals surface area contributed by atoms with Crippen LogP contribution in [0.5, 0.6) is 5.75 Å². The summed E-state index contributed by atoms with van der Waals surface area (Å²) in [5.74, 6) is -0.977. The highest BCUT2D eigenvalue weighted by Gasteiger charge is 2.38. The van der Waals surface area contributed by atoms with Crippen LogP contribution < -0.4 is 9.04 Å². The molecule has 0 saturated carbocycles. The summed E-state index contributed by atoms with van der Waals surface area (Å²) in [6.07, 6.45) is -1.20. The Kier molecular flexibility index (Phi) is 3.88. The molecule has 0 bridgehead atoms. The molecule has 1 aliphatic heterocycles. The first kappa shape index (κ1) is 15.6. The summed E-state index contributed by atoms with van der Waals surface area (Å²) < 4.78 is 31.7. The Hall–Kier alpha value is -1.76. The summed E-state index contributed by atoms with van der Waals surface area (Å²) in [6, 6.07) is 6.57. The van der Waals surface area contributed by atoms with Crippen LogP contribution in [0.3, 0.4) is 0 Å². The highest BCUT2D eigenvalue weighted by atomic mass is 32.2. The molecule has 1 N–H and O–H groups in total. The maximum absolute atomic E-state index is 12.6. The summed E-state index contributed by atoms with van der Waals surface area (Å²) >= 11 is 0. The van der Waals surface area contributed by atoms with E-state index in [0.717, 1.165) is 4.31 Å². The molecular formula is C14H19NO5S. The Balaban J connectivity index is 2.44. The van der Waals surface area contributed by atoms with E-state index in [1.54, 1.807) is 24.3 Å². The summed E-state index contributed by atoms with van der Waals surface area (Å²) in [4.78, 5) is 11.2. The van der Waals surface area contributed by atoms with Gasteiger partial charge in [0.05, 0.1) is 18.0 Å². The van der Waals surface area contributed by atoms with E-state index in [4.69, 9.17) is 9.84 Å². The molecule has 116 valence electrons. The molecule has 0 aliphatic carbocycles. The lowest BCUT2D eigenvalue weighted by Gasteiger charge is -2.35. The van der Waals surface area contributed by atoms with E-state index in [2.05, 4.69) is 0 Å². The summed E-state index contributed by atoms with van der Waals surface area (Å²) in [6.45, 7) is 5.26. The van der Waals surface area contributed by atoms with E-state index in [1.807, 2.05) is 20.8 Å². The Morgan fingerprint density at radius 1 is 1.38 bits per heavy atom. The smallest absolute Gasteiger partial charge is 0.346 e. The standard InChI is InChI=1S/C14H19NO5S/c1-14(2,3)9-21(18,19)15-8-12(13(16)17)20-11-7-5-4-6-10(11)15/h4-7,12H,8-9H2,1-3H3,(H,16,17). The number of ether oxygens (including phenoxy) is 1. The van der Waals surface area contributed by atoms with Crippen LogP contribution in [-0.4, -0.2) is 37.9 Å². The van der Waals surface area contributed by atoms with Gasteiger partial charge in [0.25, 0.3) is 0 Å². The number of sulfonamides is 1.